The maximum atomic E-state index is 11.5. The molecule has 0 saturated heterocycles. The van der Waals surface area contributed by atoms with Crippen LogP contribution in [0.4, 0.5) is 5.69 Å². The van der Waals surface area contributed by atoms with Gasteiger partial charge in [-0.1, -0.05) is 11.8 Å². The fourth-order valence-corrected chi connectivity index (χ4v) is 2.95. The molecule has 1 aromatic carbocycles. The molecule has 6 heteroatoms. The number of nitrogens with one attached hydrogen (secondary N) is 1. The zero-order valence-corrected chi connectivity index (χ0v) is 11.2. The fourth-order valence-electron chi connectivity index (χ4n) is 1.99. The lowest BCUT2D eigenvalue weighted by atomic mass is 10.1. The van der Waals surface area contributed by atoms with E-state index in [1.807, 2.05) is 32.2 Å². The summed E-state index contributed by atoms with van der Waals surface area (Å²) in [6, 6.07) is 7.32. The highest BCUT2D eigenvalue weighted by molar-refractivity contribution is 7.99. The number of Topliss-reactive ketones (excluding diaryl/α,β-unsaturated/α-hetero) is 1. The summed E-state index contributed by atoms with van der Waals surface area (Å²) in [4.78, 5) is 23.7. The minimum Gasteiger partial charge on any atom is -0.318 e. The van der Waals surface area contributed by atoms with Crippen LogP contribution < -0.4 is 5.32 Å². The van der Waals surface area contributed by atoms with Gasteiger partial charge in [-0.25, -0.2) is 0 Å². The molecule has 19 heavy (non-hydrogen) atoms. The van der Waals surface area contributed by atoms with Crippen LogP contribution in [0.1, 0.15) is 16.1 Å². The van der Waals surface area contributed by atoms with Gasteiger partial charge in [0.1, 0.15) is 0 Å². The molecule has 0 fully saturated rings. The van der Waals surface area contributed by atoms with Crippen molar-refractivity contribution in [2.45, 2.75) is 16.8 Å². The number of aryl methyl sites for hydroxylation is 2. The van der Waals surface area contributed by atoms with Gasteiger partial charge in [-0.3, -0.25) is 14.3 Å². The summed E-state index contributed by atoms with van der Waals surface area (Å²) >= 11 is 1.54. The summed E-state index contributed by atoms with van der Waals surface area (Å²) in [5.74, 6) is -1.03. The first-order chi connectivity index (χ1) is 9.04. The van der Waals surface area contributed by atoms with E-state index in [2.05, 4.69) is 10.4 Å². The first-order valence-electron chi connectivity index (χ1n) is 5.73. The van der Waals surface area contributed by atoms with Crippen LogP contribution in [0.15, 0.2) is 34.2 Å². The van der Waals surface area contributed by atoms with E-state index in [0.717, 1.165) is 15.6 Å². The van der Waals surface area contributed by atoms with Crippen molar-refractivity contribution in [3.05, 3.63) is 35.5 Å². The van der Waals surface area contributed by atoms with Crippen LogP contribution in [0.3, 0.4) is 0 Å². The normalized spacial score (nSPS) is 13.6. The molecule has 2 heterocycles. The Morgan fingerprint density at radius 1 is 1.26 bits per heavy atom. The number of ketones is 1. The third-order valence-corrected chi connectivity index (χ3v) is 3.95. The van der Waals surface area contributed by atoms with E-state index in [-0.39, 0.29) is 0 Å². The standard InChI is InChI=1S/C13H11N3O2S/c1-7-5-11(16(2)15-7)19-8-3-4-9-10(6-8)14-13(18)12(9)17/h3-6H,1-2H3,(H,14,17,18). The van der Waals surface area contributed by atoms with Crippen LogP contribution >= 0.6 is 11.8 Å². The molecular formula is C13H11N3O2S. The Balaban J connectivity index is 1.92. The van der Waals surface area contributed by atoms with E-state index < -0.39 is 11.7 Å². The van der Waals surface area contributed by atoms with Gasteiger partial charge in [-0.15, -0.1) is 0 Å². The lowest BCUT2D eigenvalue weighted by Gasteiger charge is -2.03. The summed E-state index contributed by atoms with van der Waals surface area (Å²) in [5, 5.41) is 7.85. The first kappa shape index (κ1) is 12.0. The molecule has 5 nitrogen and oxygen atoms in total. The van der Waals surface area contributed by atoms with Gasteiger partial charge in [0.15, 0.2) is 0 Å². The van der Waals surface area contributed by atoms with Crippen LogP contribution in [0.25, 0.3) is 0 Å². The van der Waals surface area contributed by atoms with Gasteiger partial charge in [-0.2, -0.15) is 5.10 Å². The average Bonchev–Trinajstić information content (AvgIpc) is 2.81. The Bertz CT molecular complexity index is 706. The van der Waals surface area contributed by atoms with Crippen molar-refractivity contribution in [1.29, 1.82) is 0 Å². The monoisotopic (exact) mass is 273 g/mol. The molecule has 1 N–H and O–H groups in total. The Morgan fingerprint density at radius 3 is 2.74 bits per heavy atom. The lowest BCUT2D eigenvalue weighted by Crippen LogP contribution is -2.12. The van der Waals surface area contributed by atoms with E-state index >= 15 is 0 Å². The Kier molecular flexibility index (Phi) is 2.67. The number of benzene rings is 1. The topological polar surface area (TPSA) is 64.0 Å². The van der Waals surface area contributed by atoms with Gasteiger partial charge in [-0.05, 0) is 31.2 Å². The molecule has 1 aromatic heterocycles. The summed E-state index contributed by atoms with van der Waals surface area (Å²) < 4.78 is 1.80. The van der Waals surface area contributed by atoms with Crippen molar-refractivity contribution in [2.75, 3.05) is 5.32 Å². The molecule has 3 rings (SSSR count). The van der Waals surface area contributed by atoms with Crippen LogP contribution in [-0.2, 0) is 11.8 Å². The van der Waals surface area contributed by atoms with Crippen LogP contribution in [0.2, 0.25) is 0 Å². The molecule has 0 spiro atoms. The second kappa shape index (κ2) is 4.24. The third kappa shape index (κ3) is 2.04. The highest BCUT2D eigenvalue weighted by atomic mass is 32.2. The van der Waals surface area contributed by atoms with Gasteiger partial charge in [0, 0.05) is 11.9 Å². The summed E-state index contributed by atoms with van der Waals surface area (Å²) in [6.45, 7) is 1.94. The number of rotatable bonds is 2. The number of carbonyl (C=O) groups excluding carboxylic acids is 2. The smallest absolute Gasteiger partial charge is 0.296 e. The highest BCUT2D eigenvalue weighted by Crippen LogP contribution is 2.33. The van der Waals surface area contributed by atoms with Crippen molar-refractivity contribution in [3.63, 3.8) is 0 Å². The van der Waals surface area contributed by atoms with Crippen molar-refractivity contribution < 1.29 is 9.59 Å². The maximum Gasteiger partial charge on any atom is 0.296 e. The average molecular weight is 273 g/mol. The van der Waals surface area contributed by atoms with E-state index in [1.54, 1.807) is 22.5 Å². The van der Waals surface area contributed by atoms with Gasteiger partial charge in [0.25, 0.3) is 11.7 Å². The number of anilines is 1. The molecule has 0 atom stereocenters. The van der Waals surface area contributed by atoms with E-state index in [4.69, 9.17) is 0 Å². The second-order valence-corrected chi connectivity index (χ2v) is 5.43. The number of aromatic nitrogens is 2. The van der Waals surface area contributed by atoms with Crippen molar-refractivity contribution in [3.8, 4) is 0 Å². The van der Waals surface area contributed by atoms with Crippen molar-refractivity contribution in [1.82, 2.24) is 9.78 Å². The molecular weight excluding hydrogens is 262 g/mol. The van der Waals surface area contributed by atoms with E-state index in [1.165, 1.54) is 0 Å². The number of hydrogen-bond acceptors (Lipinski definition) is 4. The Labute approximate surface area is 114 Å². The molecule has 1 amide bonds. The van der Waals surface area contributed by atoms with Gasteiger partial charge in [0.2, 0.25) is 0 Å². The number of nitrogens with zero attached hydrogens (tertiary/aromatic N) is 2. The highest BCUT2D eigenvalue weighted by Gasteiger charge is 2.27. The van der Waals surface area contributed by atoms with Gasteiger partial charge >= 0.3 is 0 Å². The van der Waals surface area contributed by atoms with E-state index in [9.17, 15) is 9.59 Å². The van der Waals surface area contributed by atoms with Crippen LogP contribution in [0, 0.1) is 6.92 Å². The number of hydrogen-bond donors (Lipinski definition) is 1. The quantitative estimate of drug-likeness (QED) is 0.850. The number of carbonyl (C=O) groups is 2. The number of amides is 1. The molecule has 1 aliphatic rings. The summed E-state index contributed by atoms with van der Waals surface area (Å²) in [6.07, 6.45) is 0. The molecule has 0 saturated carbocycles. The largest absolute Gasteiger partial charge is 0.318 e. The molecule has 2 aromatic rings. The third-order valence-electron chi connectivity index (χ3n) is 2.87. The molecule has 0 aliphatic carbocycles. The van der Waals surface area contributed by atoms with Gasteiger partial charge < -0.3 is 5.32 Å². The molecule has 0 bridgehead atoms. The zero-order chi connectivity index (χ0) is 13.6. The van der Waals surface area contributed by atoms with Crippen LogP contribution in [0.5, 0.6) is 0 Å². The predicted molar refractivity (Wildman–Crippen MR) is 71.5 cm³/mol. The van der Waals surface area contributed by atoms with E-state index in [0.29, 0.717) is 11.3 Å². The minimum absolute atomic E-state index is 0.440. The van der Waals surface area contributed by atoms with Crippen molar-refractivity contribution >= 4 is 29.1 Å². The Morgan fingerprint density at radius 2 is 2.05 bits per heavy atom. The summed E-state index contributed by atoms with van der Waals surface area (Å²) in [5.41, 5.74) is 1.98. The first-order valence-corrected chi connectivity index (χ1v) is 6.54. The Hall–Kier alpha value is -2.08. The SMILES string of the molecule is Cc1cc(Sc2ccc3c(c2)NC(=O)C3=O)n(C)n1. The summed E-state index contributed by atoms with van der Waals surface area (Å²) in [7, 11) is 1.88. The zero-order valence-electron chi connectivity index (χ0n) is 10.4. The fraction of sp³-hybridized carbons (Fsp3) is 0.154. The molecule has 96 valence electrons. The predicted octanol–water partition coefficient (Wildman–Crippen LogP) is 2.01. The number of fused-ring (bicyclic) bond motifs is 1. The molecule has 1 aliphatic heterocycles. The van der Waals surface area contributed by atoms with Crippen LogP contribution in [-0.4, -0.2) is 21.5 Å². The maximum absolute atomic E-state index is 11.5. The van der Waals surface area contributed by atoms with Crippen molar-refractivity contribution in [2.24, 2.45) is 7.05 Å². The lowest BCUT2D eigenvalue weighted by molar-refractivity contribution is -0.112. The van der Waals surface area contributed by atoms with Gasteiger partial charge in [0.05, 0.1) is 22.0 Å². The molecule has 0 radical (unpaired) electrons. The second-order valence-electron chi connectivity index (χ2n) is 4.34. The minimum atomic E-state index is -0.562. The molecule has 0 unspecified atom stereocenters.